The summed E-state index contributed by atoms with van der Waals surface area (Å²) in [5.74, 6) is 1.01. The van der Waals surface area contributed by atoms with Crippen molar-refractivity contribution in [2.45, 2.75) is 20.8 Å². The van der Waals surface area contributed by atoms with Crippen LogP contribution in [0.5, 0.6) is 5.75 Å². The van der Waals surface area contributed by atoms with Crippen molar-refractivity contribution < 1.29 is 9.53 Å². The molecule has 0 bridgehead atoms. The molecule has 0 aliphatic carbocycles. The molecule has 1 aromatic carbocycles. The van der Waals surface area contributed by atoms with Crippen LogP contribution in [0.2, 0.25) is 0 Å². The lowest BCUT2D eigenvalue weighted by molar-refractivity contribution is 0.0971. The summed E-state index contributed by atoms with van der Waals surface area (Å²) in [5.41, 5.74) is 0.796. The van der Waals surface area contributed by atoms with Crippen molar-refractivity contribution in [2.75, 3.05) is 37.7 Å². The minimum absolute atomic E-state index is 0.142. The van der Waals surface area contributed by atoms with Gasteiger partial charge in [0.05, 0.1) is 11.3 Å². The van der Waals surface area contributed by atoms with Crippen LogP contribution in [0, 0.1) is 0 Å². The molecule has 8 heteroatoms. The second-order valence-electron chi connectivity index (χ2n) is 6.38. The second kappa shape index (κ2) is 9.16. The number of hydrogen-bond acceptors (Lipinski definition) is 6. The molecule has 0 saturated heterocycles. The molecule has 1 amide bonds. The third kappa shape index (κ3) is 4.18. The Morgan fingerprint density at radius 3 is 2.64 bits per heavy atom. The van der Waals surface area contributed by atoms with Crippen LogP contribution in [0.15, 0.2) is 30.6 Å². The predicted molar refractivity (Wildman–Crippen MR) is 113 cm³/mol. The molecule has 0 atom stereocenters. The van der Waals surface area contributed by atoms with E-state index in [1.165, 1.54) is 11.3 Å². The Morgan fingerprint density at radius 2 is 2.00 bits per heavy atom. The summed E-state index contributed by atoms with van der Waals surface area (Å²) < 4.78 is 8.46. The smallest absolute Gasteiger partial charge is 0.296 e. The molecule has 2 heterocycles. The maximum atomic E-state index is 13.3. The highest BCUT2D eigenvalue weighted by molar-refractivity contribution is 7.22. The molecule has 3 rings (SSSR count). The molecule has 0 radical (unpaired) electrons. The Labute approximate surface area is 169 Å². The van der Waals surface area contributed by atoms with Crippen LogP contribution in [0.3, 0.4) is 0 Å². The van der Waals surface area contributed by atoms with Gasteiger partial charge in [0.25, 0.3) is 5.91 Å². The van der Waals surface area contributed by atoms with Crippen molar-refractivity contribution in [3.05, 3.63) is 36.4 Å². The molecule has 28 heavy (non-hydrogen) atoms. The lowest BCUT2D eigenvalue weighted by Crippen LogP contribution is -2.39. The van der Waals surface area contributed by atoms with E-state index in [1.807, 2.05) is 32.2 Å². The molecule has 0 aliphatic heterocycles. The maximum Gasteiger partial charge on any atom is 0.296 e. The summed E-state index contributed by atoms with van der Waals surface area (Å²) in [7, 11) is 1.83. The fourth-order valence-corrected chi connectivity index (χ4v) is 4.06. The molecule has 0 fully saturated rings. The number of amides is 1. The van der Waals surface area contributed by atoms with E-state index in [0.717, 1.165) is 35.6 Å². The molecular formula is C20H27N5O2S. The quantitative estimate of drug-likeness (QED) is 0.550. The van der Waals surface area contributed by atoms with Gasteiger partial charge in [0.2, 0.25) is 0 Å². The monoisotopic (exact) mass is 401 g/mol. The Morgan fingerprint density at radius 1 is 1.21 bits per heavy atom. The van der Waals surface area contributed by atoms with E-state index in [9.17, 15) is 4.79 Å². The summed E-state index contributed by atoms with van der Waals surface area (Å²) in [6.45, 7) is 9.98. The molecule has 0 spiro atoms. The third-order valence-electron chi connectivity index (χ3n) is 4.69. The van der Waals surface area contributed by atoms with Gasteiger partial charge in [0.15, 0.2) is 11.0 Å². The van der Waals surface area contributed by atoms with Gasteiger partial charge in [-0.05, 0) is 32.1 Å². The van der Waals surface area contributed by atoms with E-state index in [0.29, 0.717) is 24.1 Å². The number of hydrogen-bond donors (Lipinski definition) is 0. The van der Waals surface area contributed by atoms with Crippen LogP contribution >= 0.6 is 11.3 Å². The van der Waals surface area contributed by atoms with Crippen LogP contribution in [0.1, 0.15) is 31.4 Å². The van der Waals surface area contributed by atoms with Crippen LogP contribution in [-0.4, -0.2) is 58.1 Å². The molecule has 150 valence electrons. The number of likely N-dealkylation sites (N-methyl/N-ethyl adjacent to an activating group) is 1. The number of fused-ring (bicyclic) bond motifs is 1. The van der Waals surface area contributed by atoms with Gasteiger partial charge >= 0.3 is 0 Å². The van der Waals surface area contributed by atoms with Crippen molar-refractivity contribution in [1.29, 1.82) is 0 Å². The number of nitrogens with zero attached hydrogens (tertiary/aromatic N) is 5. The van der Waals surface area contributed by atoms with Gasteiger partial charge in [-0.2, -0.15) is 0 Å². The Kier molecular flexibility index (Phi) is 6.64. The zero-order valence-electron chi connectivity index (χ0n) is 16.9. The van der Waals surface area contributed by atoms with Gasteiger partial charge in [-0.15, -0.1) is 0 Å². The van der Waals surface area contributed by atoms with Gasteiger partial charge in [0, 0.05) is 32.5 Å². The van der Waals surface area contributed by atoms with Crippen LogP contribution in [0.25, 0.3) is 10.2 Å². The topological polar surface area (TPSA) is 63.5 Å². The SMILES string of the molecule is CCOc1cccc2sc(N(CCN(CC)CC)C(=O)c3nccn3C)nc12. The molecule has 3 aromatic rings. The number of benzene rings is 1. The van der Waals surface area contributed by atoms with Gasteiger partial charge in [-0.25, -0.2) is 9.97 Å². The van der Waals surface area contributed by atoms with E-state index < -0.39 is 0 Å². The molecule has 0 unspecified atom stereocenters. The Hall–Kier alpha value is -2.45. The molecule has 0 N–H and O–H groups in total. The van der Waals surface area contributed by atoms with E-state index in [2.05, 4.69) is 23.7 Å². The fourth-order valence-electron chi connectivity index (χ4n) is 3.06. The average molecular weight is 402 g/mol. The Bertz CT molecular complexity index is 932. The van der Waals surface area contributed by atoms with Crippen LogP contribution in [-0.2, 0) is 7.05 Å². The average Bonchev–Trinajstić information content (AvgIpc) is 3.32. The van der Waals surface area contributed by atoms with Gasteiger partial charge < -0.3 is 14.2 Å². The van der Waals surface area contributed by atoms with Crippen molar-refractivity contribution in [2.24, 2.45) is 7.05 Å². The van der Waals surface area contributed by atoms with Gasteiger partial charge in [0.1, 0.15) is 11.3 Å². The fraction of sp³-hybridized carbons (Fsp3) is 0.450. The van der Waals surface area contributed by atoms with E-state index >= 15 is 0 Å². The summed E-state index contributed by atoms with van der Waals surface area (Å²) in [6, 6.07) is 5.87. The first-order valence-corrected chi connectivity index (χ1v) is 10.4. The second-order valence-corrected chi connectivity index (χ2v) is 7.39. The third-order valence-corrected chi connectivity index (χ3v) is 5.74. The number of carbonyl (C=O) groups is 1. The van der Waals surface area contributed by atoms with E-state index in [4.69, 9.17) is 9.72 Å². The number of ether oxygens (including phenoxy) is 1. The summed E-state index contributed by atoms with van der Waals surface area (Å²) in [6.07, 6.45) is 3.42. The summed E-state index contributed by atoms with van der Waals surface area (Å²) in [4.78, 5) is 26.3. The van der Waals surface area contributed by atoms with Crippen LogP contribution < -0.4 is 9.64 Å². The molecule has 2 aromatic heterocycles. The highest BCUT2D eigenvalue weighted by Gasteiger charge is 2.25. The lowest BCUT2D eigenvalue weighted by Gasteiger charge is -2.24. The van der Waals surface area contributed by atoms with Gasteiger partial charge in [-0.3, -0.25) is 9.69 Å². The normalized spacial score (nSPS) is 11.3. The zero-order valence-corrected chi connectivity index (χ0v) is 17.7. The van der Waals surface area contributed by atoms with Crippen molar-refractivity contribution in [3.8, 4) is 5.75 Å². The maximum absolute atomic E-state index is 13.3. The minimum Gasteiger partial charge on any atom is -0.492 e. The number of para-hydroxylation sites is 1. The molecule has 0 aliphatic rings. The zero-order chi connectivity index (χ0) is 20.1. The summed E-state index contributed by atoms with van der Waals surface area (Å²) >= 11 is 1.50. The minimum atomic E-state index is -0.142. The number of rotatable bonds is 9. The molecule has 7 nitrogen and oxygen atoms in total. The first-order valence-electron chi connectivity index (χ1n) is 9.62. The van der Waals surface area contributed by atoms with Crippen molar-refractivity contribution in [3.63, 3.8) is 0 Å². The largest absolute Gasteiger partial charge is 0.492 e. The standard InChI is InChI=1S/C20H27N5O2S/c1-5-24(6-2)13-14-25(19(26)18-21-11-12-23(18)4)20-22-17-15(27-7-3)9-8-10-16(17)28-20/h8-12H,5-7,13-14H2,1-4H3. The number of carbonyl (C=O) groups excluding carboxylic acids is 1. The highest BCUT2D eigenvalue weighted by Crippen LogP contribution is 2.34. The first kappa shape index (κ1) is 20.3. The predicted octanol–water partition coefficient (Wildman–Crippen LogP) is 3.42. The van der Waals surface area contributed by atoms with Crippen molar-refractivity contribution >= 4 is 32.6 Å². The number of aryl methyl sites for hydroxylation is 1. The molecule has 0 saturated carbocycles. The lowest BCUT2D eigenvalue weighted by atomic mass is 10.3. The number of aromatic nitrogens is 3. The summed E-state index contributed by atoms with van der Waals surface area (Å²) in [5, 5.41) is 0.669. The van der Waals surface area contributed by atoms with E-state index in [1.54, 1.807) is 21.9 Å². The highest BCUT2D eigenvalue weighted by atomic mass is 32.1. The van der Waals surface area contributed by atoms with Crippen LogP contribution in [0.4, 0.5) is 5.13 Å². The van der Waals surface area contributed by atoms with Crippen molar-refractivity contribution in [1.82, 2.24) is 19.4 Å². The Balaban J connectivity index is 1.98. The number of thiazole rings is 1. The van der Waals surface area contributed by atoms with Gasteiger partial charge in [-0.1, -0.05) is 31.3 Å². The first-order chi connectivity index (χ1) is 13.6. The number of imidazole rings is 1. The van der Waals surface area contributed by atoms with E-state index in [-0.39, 0.29) is 5.91 Å². The molecular weight excluding hydrogens is 374 g/mol. The number of anilines is 1.